The second kappa shape index (κ2) is 8.07. The van der Waals surface area contributed by atoms with Crippen molar-refractivity contribution in [2.45, 2.75) is 46.1 Å². The number of nitrogens with one attached hydrogen (secondary N) is 1. The van der Waals surface area contributed by atoms with E-state index >= 15 is 0 Å². The van der Waals surface area contributed by atoms with E-state index in [1.807, 2.05) is 50.2 Å². The Morgan fingerprint density at radius 2 is 1.79 bits per heavy atom. The standard InChI is InChI=1S/C23H26N4O2/c1-15(2)29-23-25-21(17-9-7-16(3)8-10-17)27(26-23)20-13-11-19(12-14-20)24-22(28)18-5-4-6-18/h7-15,18H,4-6H2,1-3H3,(H,24,28). The highest BCUT2D eigenvalue weighted by Gasteiger charge is 2.25. The Morgan fingerprint density at radius 3 is 2.38 bits per heavy atom. The topological polar surface area (TPSA) is 69.0 Å². The summed E-state index contributed by atoms with van der Waals surface area (Å²) >= 11 is 0. The first-order chi connectivity index (χ1) is 14.0. The lowest BCUT2D eigenvalue weighted by Crippen LogP contribution is -2.27. The van der Waals surface area contributed by atoms with Crippen LogP contribution in [0.1, 0.15) is 38.7 Å². The van der Waals surface area contributed by atoms with E-state index in [1.54, 1.807) is 4.68 Å². The summed E-state index contributed by atoms with van der Waals surface area (Å²) in [6.07, 6.45) is 3.11. The van der Waals surface area contributed by atoms with E-state index in [-0.39, 0.29) is 17.9 Å². The van der Waals surface area contributed by atoms with Gasteiger partial charge in [-0.15, -0.1) is 5.10 Å². The molecule has 0 unspecified atom stereocenters. The number of aromatic nitrogens is 3. The highest BCUT2D eigenvalue weighted by atomic mass is 16.5. The first-order valence-corrected chi connectivity index (χ1v) is 10.1. The van der Waals surface area contributed by atoms with Gasteiger partial charge in [-0.3, -0.25) is 4.79 Å². The molecule has 29 heavy (non-hydrogen) atoms. The van der Waals surface area contributed by atoms with Gasteiger partial charge in [0, 0.05) is 17.2 Å². The fraction of sp³-hybridized carbons (Fsp3) is 0.348. The Bertz CT molecular complexity index is 987. The van der Waals surface area contributed by atoms with E-state index in [4.69, 9.17) is 4.74 Å². The number of anilines is 1. The van der Waals surface area contributed by atoms with Gasteiger partial charge in [-0.2, -0.15) is 4.98 Å². The van der Waals surface area contributed by atoms with E-state index in [2.05, 4.69) is 34.5 Å². The second-order valence-electron chi connectivity index (χ2n) is 7.83. The Kier molecular flexibility index (Phi) is 5.34. The lowest BCUT2D eigenvalue weighted by Gasteiger charge is -2.24. The molecular formula is C23H26N4O2. The third kappa shape index (κ3) is 4.31. The number of nitrogens with zero attached hydrogens (tertiary/aromatic N) is 3. The van der Waals surface area contributed by atoms with E-state index in [1.165, 1.54) is 5.56 Å². The average Bonchev–Trinajstić information content (AvgIpc) is 3.04. The van der Waals surface area contributed by atoms with Crippen LogP contribution in [0.3, 0.4) is 0 Å². The number of carbonyl (C=O) groups excluding carboxylic acids is 1. The molecule has 0 saturated heterocycles. The summed E-state index contributed by atoms with van der Waals surface area (Å²) in [5.74, 6) is 0.985. The molecule has 0 atom stereocenters. The summed E-state index contributed by atoms with van der Waals surface area (Å²) in [5.41, 5.74) is 3.80. The van der Waals surface area contributed by atoms with Gasteiger partial charge in [0.25, 0.3) is 0 Å². The van der Waals surface area contributed by atoms with Crippen LogP contribution < -0.4 is 10.1 Å². The fourth-order valence-corrected chi connectivity index (χ4v) is 3.22. The smallest absolute Gasteiger partial charge is 0.336 e. The van der Waals surface area contributed by atoms with E-state index in [0.29, 0.717) is 11.8 Å². The molecule has 1 aromatic heterocycles. The van der Waals surface area contributed by atoms with Gasteiger partial charge in [-0.1, -0.05) is 36.2 Å². The number of rotatable bonds is 6. The van der Waals surface area contributed by atoms with Gasteiger partial charge in [0.1, 0.15) is 0 Å². The van der Waals surface area contributed by atoms with Crippen molar-refractivity contribution < 1.29 is 9.53 Å². The van der Waals surface area contributed by atoms with Gasteiger partial charge < -0.3 is 10.1 Å². The van der Waals surface area contributed by atoms with Gasteiger partial charge in [-0.05, 0) is 57.9 Å². The van der Waals surface area contributed by atoms with Crippen LogP contribution in [-0.2, 0) is 4.79 Å². The van der Waals surface area contributed by atoms with Crippen LogP contribution >= 0.6 is 0 Å². The Morgan fingerprint density at radius 1 is 1.10 bits per heavy atom. The predicted molar refractivity (Wildman–Crippen MR) is 113 cm³/mol. The molecule has 0 bridgehead atoms. The first kappa shape index (κ1) is 19.2. The summed E-state index contributed by atoms with van der Waals surface area (Å²) < 4.78 is 7.50. The lowest BCUT2D eigenvalue weighted by atomic mass is 9.85. The van der Waals surface area contributed by atoms with Crippen LogP contribution in [0.2, 0.25) is 0 Å². The predicted octanol–water partition coefficient (Wildman–Crippen LogP) is 4.77. The van der Waals surface area contributed by atoms with Gasteiger partial charge >= 0.3 is 6.01 Å². The van der Waals surface area contributed by atoms with Crippen molar-refractivity contribution in [3.05, 3.63) is 54.1 Å². The van der Waals surface area contributed by atoms with E-state index in [0.717, 1.165) is 36.2 Å². The van der Waals surface area contributed by atoms with E-state index < -0.39 is 0 Å². The van der Waals surface area contributed by atoms with Crippen molar-refractivity contribution in [1.82, 2.24) is 14.8 Å². The zero-order valence-electron chi connectivity index (χ0n) is 17.1. The van der Waals surface area contributed by atoms with Gasteiger partial charge in [0.2, 0.25) is 5.91 Å². The number of hydrogen-bond donors (Lipinski definition) is 1. The maximum Gasteiger partial charge on any atom is 0.336 e. The number of ether oxygens (including phenoxy) is 1. The van der Waals surface area contributed by atoms with Crippen LogP contribution in [0.4, 0.5) is 5.69 Å². The quantitative estimate of drug-likeness (QED) is 0.658. The molecule has 1 amide bonds. The Labute approximate surface area is 170 Å². The Balaban J connectivity index is 1.62. The minimum atomic E-state index is -0.0131. The third-order valence-corrected chi connectivity index (χ3v) is 5.09. The van der Waals surface area contributed by atoms with Crippen molar-refractivity contribution in [2.24, 2.45) is 5.92 Å². The Hall–Kier alpha value is -3.15. The number of carbonyl (C=O) groups is 1. The molecule has 1 N–H and O–H groups in total. The minimum absolute atomic E-state index is 0.0131. The molecule has 6 heteroatoms. The third-order valence-electron chi connectivity index (χ3n) is 5.09. The molecule has 3 aromatic rings. The van der Waals surface area contributed by atoms with Crippen LogP contribution in [0.25, 0.3) is 17.1 Å². The number of aryl methyl sites for hydroxylation is 1. The molecule has 4 rings (SSSR count). The molecular weight excluding hydrogens is 364 g/mol. The van der Waals surface area contributed by atoms with Gasteiger partial charge in [0.15, 0.2) is 5.82 Å². The zero-order chi connectivity index (χ0) is 20.4. The van der Waals surface area contributed by atoms with Crippen molar-refractivity contribution in [3.63, 3.8) is 0 Å². The van der Waals surface area contributed by atoms with Gasteiger partial charge in [-0.25, -0.2) is 4.68 Å². The van der Waals surface area contributed by atoms with Crippen molar-refractivity contribution in [2.75, 3.05) is 5.32 Å². The molecule has 0 spiro atoms. The van der Waals surface area contributed by atoms with Gasteiger partial charge in [0.05, 0.1) is 11.8 Å². The number of benzene rings is 2. The molecule has 1 aliphatic carbocycles. The van der Waals surface area contributed by atoms with Crippen LogP contribution in [0, 0.1) is 12.8 Å². The number of amides is 1. The summed E-state index contributed by atoms with van der Waals surface area (Å²) in [5, 5.41) is 7.55. The molecule has 6 nitrogen and oxygen atoms in total. The maximum absolute atomic E-state index is 12.2. The maximum atomic E-state index is 12.2. The lowest BCUT2D eigenvalue weighted by molar-refractivity contribution is -0.122. The SMILES string of the molecule is Cc1ccc(-c2nc(OC(C)C)nn2-c2ccc(NC(=O)C3CCC3)cc2)cc1. The van der Waals surface area contributed by atoms with Crippen LogP contribution in [0.5, 0.6) is 6.01 Å². The minimum Gasteiger partial charge on any atom is -0.460 e. The second-order valence-corrected chi connectivity index (χ2v) is 7.83. The summed E-state index contributed by atoms with van der Waals surface area (Å²) in [6.45, 7) is 5.95. The largest absolute Gasteiger partial charge is 0.460 e. The molecule has 2 aromatic carbocycles. The molecule has 1 fully saturated rings. The fourth-order valence-electron chi connectivity index (χ4n) is 3.22. The first-order valence-electron chi connectivity index (χ1n) is 10.1. The molecule has 0 radical (unpaired) electrons. The molecule has 1 aliphatic rings. The zero-order valence-corrected chi connectivity index (χ0v) is 17.1. The van der Waals surface area contributed by atoms with Crippen LogP contribution in [0.15, 0.2) is 48.5 Å². The normalized spacial score (nSPS) is 13.9. The summed E-state index contributed by atoms with van der Waals surface area (Å²) in [7, 11) is 0. The van der Waals surface area contributed by atoms with Crippen molar-refractivity contribution >= 4 is 11.6 Å². The molecule has 1 heterocycles. The number of hydrogen-bond acceptors (Lipinski definition) is 4. The highest BCUT2D eigenvalue weighted by Crippen LogP contribution is 2.28. The van der Waals surface area contributed by atoms with Crippen molar-refractivity contribution in [3.8, 4) is 23.1 Å². The van der Waals surface area contributed by atoms with Crippen LogP contribution in [-0.4, -0.2) is 26.8 Å². The monoisotopic (exact) mass is 390 g/mol. The van der Waals surface area contributed by atoms with E-state index in [9.17, 15) is 4.79 Å². The molecule has 0 aliphatic heterocycles. The summed E-state index contributed by atoms with van der Waals surface area (Å²) in [4.78, 5) is 16.8. The molecule has 150 valence electrons. The highest BCUT2D eigenvalue weighted by molar-refractivity contribution is 5.93. The average molecular weight is 390 g/mol. The molecule has 1 saturated carbocycles. The van der Waals surface area contributed by atoms with Crippen molar-refractivity contribution in [1.29, 1.82) is 0 Å². The summed E-state index contributed by atoms with van der Waals surface area (Å²) in [6, 6.07) is 16.2.